The molecular formula is C56H36N2O. The molecule has 0 fully saturated rings. The van der Waals surface area contributed by atoms with Gasteiger partial charge in [-0.3, -0.25) is 0 Å². The van der Waals surface area contributed by atoms with Crippen LogP contribution in [-0.4, -0.2) is 4.57 Å². The molecule has 0 aliphatic rings. The minimum Gasteiger partial charge on any atom is -0.455 e. The summed E-state index contributed by atoms with van der Waals surface area (Å²) in [4.78, 5) is 1.07. The Morgan fingerprint density at radius 3 is 1.80 bits per heavy atom. The summed E-state index contributed by atoms with van der Waals surface area (Å²) in [7, 11) is 0. The highest BCUT2D eigenvalue weighted by Crippen LogP contribution is 2.47. The number of nitrogens with zero attached hydrogens (tertiary/aromatic N) is 2. The Hall–Kier alpha value is -7.88. The number of hydrogen-bond donors (Lipinski definition) is 0. The molecule has 0 amide bonds. The van der Waals surface area contributed by atoms with Gasteiger partial charge in [0, 0.05) is 44.2 Å². The first-order valence-electron chi connectivity index (χ1n) is 27.7. The van der Waals surface area contributed by atoms with Gasteiger partial charge in [-0.2, -0.15) is 0 Å². The molecule has 2 heterocycles. The second-order valence-electron chi connectivity index (χ2n) is 13.9. The van der Waals surface area contributed by atoms with Gasteiger partial charge < -0.3 is 13.9 Å². The van der Waals surface area contributed by atoms with Gasteiger partial charge in [0.25, 0.3) is 0 Å². The first-order valence-corrected chi connectivity index (χ1v) is 18.7. The van der Waals surface area contributed by atoms with Crippen LogP contribution >= 0.6 is 0 Å². The standard InChI is InChI=1S/C56H36N2O/c1-2-15-40(16-3-1)57(41-30-26-37(27-31-41)50-36-39-14-4-5-17-43(39)44-18-6-7-19-45(44)50)53-35-34-49-48-22-10-13-25-54(48)59-56(49)55(53)38-28-32-42(33-29-38)58-51-23-11-8-20-46(51)47-21-9-12-24-52(47)58/h1-36H/i1D,2D,3D,4D,5D,6D,7D,14D,15D,16D,17D,18D,19D,26D,27D,30D,31D,36D. The zero-order valence-electron chi connectivity index (χ0n) is 48.7. The van der Waals surface area contributed by atoms with Crippen molar-refractivity contribution in [2.45, 2.75) is 0 Å². The van der Waals surface area contributed by atoms with Gasteiger partial charge in [-0.15, -0.1) is 0 Å². The molecule has 0 bridgehead atoms. The maximum absolute atomic E-state index is 9.91. The van der Waals surface area contributed by atoms with Gasteiger partial charge in [0.15, 0.2) is 0 Å². The van der Waals surface area contributed by atoms with Crippen molar-refractivity contribution in [1.82, 2.24) is 4.57 Å². The molecule has 12 rings (SSSR count). The molecule has 0 unspecified atom stereocenters. The maximum atomic E-state index is 9.91. The minimum absolute atomic E-state index is 0.00398. The van der Waals surface area contributed by atoms with Gasteiger partial charge in [-0.1, -0.05) is 145 Å². The molecule has 0 N–H and O–H groups in total. The van der Waals surface area contributed by atoms with Crippen molar-refractivity contribution < 1.29 is 29.1 Å². The predicted octanol–water partition coefficient (Wildman–Crippen LogP) is 15.8. The molecule has 0 spiro atoms. The van der Waals surface area contributed by atoms with Crippen LogP contribution in [0.1, 0.15) is 24.7 Å². The third-order valence-electron chi connectivity index (χ3n) is 10.7. The van der Waals surface area contributed by atoms with E-state index in [-0.39, 0.29) is 16.8 Å². The van der Waals surface area contributed by atoms with Crippen LogP contribution in [0.2, 0.25) is 0 Å². The zero-order chi connectivity index (χ0) is 54.5. The maximum Gasteiger partial charge on any atom is 0.145 e. The number of hydrogen-bond acceptors (Lipinski definition) is 2. The van der Waals surface area contributed by atoms with Crippen molar-refractivity contribution in [3.63, 3.8) is 0 Å². The molecule has 10 aromatic carbocycles. The van der Waals surface area contributed by atoms with Crippen LogP contribution in [-0.2, 0) is 0 Å². The molecule has 3 nitrogen and oxygen atoms in total. The summed E-state index contributed by atoms with van der Waals surface area (Å²) in [6.45, 7) is 0. The van der Waals surface area contributed by atoms with Crippen molar-refractivity contribution in [2.24, 2.45) is 0 Å². The van der Waals surface area contributed by atoms with E-state index in [9.17, 15) is 9.60 Å². The predicted molar refractivity (Wildman–Crippen MR) is 249 cm³/mol. The summed E-state index contributed by atoms with van der Waals surface area (Å²) >= 11 is 0. The lowest BCUT2D eigenvalue weighted by Gasteiger charge is -2.28. The average Bonchev–Trinajstić information content (AvgIpc) is 4.11. The number of furan rings is 1. The fourth-order valence-electron chi connectivity index (χ4n) is 8.13. The van der Waals surface area contributed by atoms with E-state index in [1.165, 1.54) is 0 Å². The van der Waals surface area contributed by atoms with Crippen molar-refractivity contribution in [2.75, 3.05) is 4.90 Å². The second kappa shape index (κ2) is 13.4. The van der Waals surface area contributed by atoms with Gasteiger partial charge in [0.05, 0.1) is 41.4 Å². The van der Waals surface area contributed by atoms with Crippen LogP contribution in [0.15, 0.2) is 222 Å². The van der Waals surface area contributed by atoms with E-state index in [1.807, 2.05) is 84.9 Å². The number of aromatic nitrogens is 1. The highest BCUT2D eigenvalue weighted by Gasteiger charge is 2.23. The van der Waals surface area contributed by atoms with Crippen LogP contribution in [0.5, 0.6) is 0 Å². The first kappa shape index (κ1) is 20.0. The highest BCUT2D eigenvalue weighted by atomic mass is 16.3. The van der Waals surface area contributed by atoms with Crippen LogP contribution in [0.3, 0.4) is 0 Å². The minimum atomic E-state index is -0.900. The van der Waals surface area contributed by atoms with Crippen molar-refractivity contribution in [3.8, 4) is 27.9 Å². The number of rotatable bonds is 6. The summed E-state index contributed by atoms with van der Waals surface area (Å²) in [6, 6.07) is 19.6. The fraction of sp³-hybridized carbons (Fsp3) is 0. The van der Waals surface area contributed by atoms with Gasteiger partial charge in [0.2, 0.25) is 0 Å². The third-order valence-corrected chi connectivity index (χ3v) is 10.7. The van der Waals surface area contributed by atoms with E-state index in [0.29, 0.717) is 21.9 Å². The number of benzene rings is 10. The average molecular weight is 771 g/mol. The number of fused-ring (bicyclic) bond motifs is 9. The van der Waals surface area contributed by atoms with Gasteiger partial charge >= 0.3 is 0 Å². The molecule has 0 saturated carbocycles. The molecule has 0 aliphatic carbocycles. The van der Waals surface area contributed by atoms with E-state index < -0.39 is 153 Å². The lowest BCUT2D eigenvalue weighted by atomic mass is 9.93. The molecule has 0 atom stereocenters. The highest BCUT2D eigenvalue weighted by molar-refractivity contribution is 6.15. The zero-order valence-corrected chi connectivity index (χ0v) is 30.7. The first-order chi connectivity index (χ1) is 36.8. The van der Waals surface area contributed by atoms with Gasteiger partial charge in [-0.05, 0) is 111 Å². The summed E-state index contributed by atoms with van der Waals surface area (Å²) < 4.78 is 173. The SMILES string of the molecule is [2H]c1c([2H])c([2H])c(N(c2ccc3c(oc4ccccc43)c2-c2ccc(-n3c4ccccc4c4ccccc43)cc2)c2c([2H])c([2H])c(-c3c([2H])c4c([2H])c([2H])c([2H])c([2H])c4c4c([2H])c([2H])c([2H])c([2H])c34)c([2H])c2[2H])c([2H])c1[2H]. The molecule has 0 aliphatic heterocycles. The third kappa shape index (κ3) is 5.29. The molecule has 0 saturated heterocycles. The molecule has 59 heavy (non-hydrogen) atoms. The lowest BCUT2D eigenvalue weighted by molar-refractivity contribution is 0.670. The van der Waals surface area contributed by atoms with Gasteiger partial charge in [-0.25, -0.2) is 0 Å². The Bertz CT molecular complexity index is 4510. The summed E-state index contributed by atoms with van der Waals surface area (Å²) in [5.41, 5.74) is 1.68. The van der Waals surface area contributed by atoms with Crippen LogP contribution in [0, 0.1) is 0 Å². The Kier molecular flexibility index (Phi) is 4.53. The van der Waals surface area contributed by atoms with Crippen LogP contribution in [0.4, 0.5) is 17.1 Å². The van der Waals surface area contributed by atoms with Crippen molar-refractivity contribution in [1.29, 1.82) is 0 Å². The molecule has 12 aromatic rings. The van der Waals surface area contributed by atoms with E-state index in [4.69, 9.17) is 19.5 Å². The largest absolute Gasteiger partial charge is 0.455 e. The molecule has 276 valence electrons. The lowest BCUT2D eigenvalue weighted by Crippen LogP contribution is -2.11. The smallest absolute Gasteiger partial charge is 0.145 e. The topological polar surface area (TPSA) is 21.3 Å². The van der Waals surface area contributed by atoms with Crippen LogP contribution in [0.25, 0.3) is 93.2 Å². The number of anilines is 3. The Labute approximate surface area is 366 Å². The molecular weight excluding hydrogens is 717 g/mol. The Morgan fingerprint density at radius 1 is 0.441 bits per heavy atom. The Morgan fingerprint density at radius 2 is 1.05 bits per heavy atom. The Balaban J connectivity index is 1.19. The normalized spacial score (nSPS) is 16.0. The quantitative estimate of drug-likeness (QED) is 0.157. The second-order valence-corrected chi connectivity index (χ2v) is 13.9. The van der Waals surface area contributed by atoms with E-state index in [0.717, 1.165) is 32.4 Å². The molecule has 0 radical (unpaired) electrons. The molecule has 3 heteroatoms. The van der Waals surface area contributed by atoms with Crippen molar-refractivity contribution in [3.05, 3.63) is 218 Å². The molecule has 2 aromatic heterocycles. The summed E-state index contributed by atoms with van der Waals surface area (Å²) in [5, 5.41) is 1.52. The van der Waals surface area contributed by atoms with E-state index >= 15 is 0 Å². The van der Waals surface area contributed by atoms with Gasteiger partial charge in [0.1, 0.15) is 11.2 Å². The fourth-order valence-corrected chi connectivity index (χ4v) is 8.13. The van der Waals surface area contributed by atoms with E-state index in [1.54, 1.807) is 24.3 Å². The monoisotopic (exact) mass is 770 g/mol. The number of para-hydroxylation sites is 4. The summed E-state index contributed by atoms with van der Waals surface area (Å²) in [5.74, 6) is 0. The van der Waals surface area contributed by atoms with E-state index in [2.05, 4.69) is 4.57 Å². The van der Waals surface area contributed by atoms with Crippen LogP contribution < -0.4 is 4.90 Å². The van der Waals surface area contributed by atoms with Crippen molar-refractivity contribution >= 4 is 82.4 Å². The summed E-state index contributed by atoms with van der Waals surface area (Å²) in [6.07, 6.45) is 0.